The fraction of sp³-hybridized carbons (Fsp3) is 0.286. The van der Waals surface area contributed by atoms with E-state index in [4.69, 9.17) is 0 Å². The third-order valence-electron chi connectivity index (χ3n) is 4.64. The molecule has 0 radical (unpaired) electrons. The van der Waals surface area contributed by atoms with Crippen molar-refractivity contribution in [2.24, 2.45) is 11.0 Å². The summed E-state index contributed by atoms with van der Waals surface area (Å²) in [5.41, 5.74) is 4.25. The minimum absolute atomic E-state index is 0.0580. The van der Waals surface area contributed by atoms with E-state index in [1.807, 2.05) is 0 Å². The Labute approximate surface area is 158 Å². The van der Waals surface area contributed by atoms with E-state index in [1.54, 1.807) is 48.5 Å². The Morgan fingerprint density at radius 2 is 1.78 bits per heavy atom. The van der Waals surface area contributed by atoms with Crippen molar-refractivity contribution in [1.82, 2.24) is 5.43 Å². The third kappa shape index (κ3) is 5.41. The van der Waals surface area contributed by atoms with Crippen LogP contribution in [0.3, 0.4) is 0 Å². The van der Waals surface area contributed by atoms with Gasteiger partial charge in [0.15, 0.2) is 0 Å². The highest BCUT2D eigenvalue weighted by atomic mass is 16.3. The zero-order valence-corrected chi connectivity index (χ0v) is 15.0. The van der Waals surface area contributed by atoms with Crippen LogP contribution in [0, 0.1) is 5.92 Å². The summed E-state index contributed by atoms with van der Waals surface area (Å²) in [5, 5.41) is 16.2. The lowest BCUT2D eigenvalue weighted by molar-refractivity contribution is -0.120. The highest BCUT2D eigenvalue weighted by molar-refractivity contribution is 5.96. The summed E-state index contributed by atoms with van der Waals surface area (Å²) in [6.07, 6.45) is 6.78. The summed E-state index contributed by atoms with van der Waals surface area (Å²) in [6, 6.07) is 13.3. The number of nitrogens with one attached hydrogen (secondary N) is 2. The number of nitrogens with zero attached hydrogens (tertiary/aromatic N) is 1. The monoisotopic (exact) mass is 365 g/mol. The lowest BCUT2D eigenvalue weighted by Gasteiger charge is -2.20. The second kappa shape index (κ2) is 8.98. The second-order valence-corrected chi connectivity index (χ2v) is 6.70. The first-order valence-electron chi connectivity index (χ1n) is 9.15. The molecule has 2 amide bonds. The molecule has 6 heteroatoms. The molecule has 2 aromatic rings. The molecule has 1 aliphatic carbocycles. The summed E-state index contributed by atoms with van der Waals surface area (Å²) in [4.78, 5) is 24.4. The highest BCUT2D eigenvalue weighted by Crippen LogP contribution is 2.25. The van der Waals surface area contributed by atoms with Crippen LogP contribution >= 0.6 is 0 Å². The normalized spacial score (nSPS) is 14.8. The number of phenols is 1. The van der Waals surface area contributed by atoms with Gasteiger partial charge in [-0.3, -0.25) is 9.59 Å². The van der Waals surface area contributed by atoms with Gasteiger partial charge in [-0.15, -0.1) is 0 Å². The Balaban J connectivity index is 1.53. The molecule has 27 heavy (non-hydrogen) atoms. The molecule has 0 unspecified atom stereocenters. The van der Waals surface area contributed by atoms with Crippen molar-refractivity contribution in [3.05, 3.63) is 59.7 Å². The van der Waals surface area contributed by atoms with Gasteiger partial charge in [0.25, 0.3) is 5.91 Å². The topological polar surface area (TPSA) is 90.8 Å². The minimum Gasteiger partial charge on any atom is -0.508 e. The van der Waals surface area contributed by atoms with E-state index in [1.165, 1.54) is 12.6 Å². The van der Waals surface area contributed by atoms with Crippen LogP contribution in [0.4, 0.5) is 5.69 Å². The number of phenolic OH excluding ortho intramolecular Hbond substituents is 1. The van der Waals surface area contributed by atoms with Crippen LogP contribution < -0.4 is 10.7 Å². The van der Waals surface area contributed by atoms with Gasteiger partial charge in [0.1, 0.15) is 5.75 Å². The van der Waals surface area contributed by atoms with E-state index in [0.717, 1.165) is 25.7 Å². The van der Waals surface area contributed by atoms with Crippen molar-refractivity contribution in [2.75, 3.05) is 5.32 Å². The average molecular weight is 365 g/mol. The number of anilines is 1. The number of aromatic hydroxyl groups is 1. The van der Waals surface area contributed by atoms with E-state index >= 15 is 0 Å². The zero-order valence-electron chi connectivity index (χ0n) is 15.0. The molecule has 6 nitrogen and oxygen atoms in total. The van der Waals surface area contributed by atoms with Crippen LogP contribution in [-0.4, -0.2) is 23.1 Å². The zero-order chi connectivity index (χ0) is 19.1. The number of hydrazone groups is 1. The smallest absolute Gasteiger partial charge is 0.271 e. The van der Waals surface area contributed by atoms with Gasteiger partial charge in [-0.2, -0.15) is 5.10 Å². The van der Waals surface area contributed by atoms with Crippen LogP contribution in [0.2, 0.25) is 0 Å². The van der Waals surface area contributed by atoms with Crippen LogP contribution in [0.15, 0.2) is 53.6 Å². The van der Waals surface area contributed by atoms with E-state index in [9.17, 15) is 14.7 Å². The van der Waals surface area contributed by atoms with Crippen LogP contribution in [-0.2, 0) is 4.79 Å². The number of hydrogen-bond donors (Lipinski definition) is 3. The van der Waals surface area contributed by atoms with Crippen molar-refractivity contribution < 1.29 is 14.7 Å². The lowest BCUT2D eigenvalue weighted by atomic mass is 9.88. The maximum absolute atomic E-state index is 12.3. The van der Waals surface area contributed by atoms with Gasteiger partial charge in [-0.05, 0) is 54.8 Å². The van der Waals surface area contributed by atoms with Crippen LogP contribution in [0.5, 0.6) is 5.75 Å². The van der Waals surface area contributed by atoms with Crippen LogP contribution in [0.1, 0.15) is 48.0 Å². The molecule has 0 aromatic heterocycles. The molecule has 3 N–H and O–H groups in total. The van der Waals surface area contributed by atoms with E-state index in [0.29, 0.717) is 16.8 Å². The van der Waals surface area contributed by atoms with Crippen molar-refractivity contribution in [3.63, 3.8) is 0 Å². The third-order valence-corrected chi connectivity index (χ3v) is 4.64. The number of carbonyl (C=O) groups is 2. The molecule has 0 aliphatic heterocycles. The van der Waals surface area contributed by atoms with E-state index < -0.39 is 0 Å². The van der Waals surface area contributed by atoms with E-state index in [-0.39, 0.29) is 23.5 Å². The lowest BCUT2D eigenvalue weighted by Crippen LogP contribution is -2.24. The van der Waals surface area contributed by atoms with Gasteiger partial charge in [-0.25, -0.2) is 5.43 Å². The molecule has 0 bridgehead atoms. The average Bonchev–Trinajstić information content (AvgIpc) is 2.69. The Hall–Kier alpha value is -3.15. The standard InChI is InChI=1S/C21H23N3O3/c25-19-8-4-5-15(13-19)14-22-24-21(27)17-9-11-18(12-10-17)23-20(26)16-6-2-1-3-7-16/h4-5,8-14,16,25H,1-3,6-7H2,(H,23,26)(H,24,27)/b22-14-. The highest BCUT2D eigenvalue weighted by Gasteiger charge is 2.21. The number of amides is 2. The fourth-order valence-corrected chi connectivity index (χ4v) is 3.15. The SMILES string of the molecule is O=C(N/N=C\c1cccc(O)c1)c1ccc(NC(=O)C2CCCCC2)cc1. The van der Waals surface area contributed by atoms with E-state index in [2.05, 4.69) is 15.8 Å². The molecule has 0 atom stereocenters. The Kier molecular flexibility index (Phi) is 6.20. The summed E-state index contributed by atoms with van der Waals surface area (Å²) in [7, 11) is 0. The molecule has 3 rings (SSSR count). The second-order valence-electron chi connectivity index (χ2n) is 6.70. The molecular formula is C21H23N3O3. The van der Waals surface area contributed by atoms with Crippen molar-refractivity contribution >= 4 is 23.7 Å². The first-order chi connectivity index (χ1) is 13.1. The van der Waals surface area contributed by atoms with Crippen molar-refractivity contribution in [3.8, 4) is 5.75 Å². The molecule has 0 heterocycles. The van der Waals surface area contributed by atoms with Crippen molar-refractivity contribution in [2.45, 2.75) is 32.1 Å². The molecule has 2 aromatic carbocycles. The number of rotatable bonds is 5. The summed E-state index contributed by atoms with van der Waals surface area (Å²) in [6.45, 7) is 0. The van der Waals surface area contributed by atoms with Crippen molar-refractivity contribution in [1.29, 1.82) is 0 Å². The molecule has 0 spiro atoms. The fourth-order valence-electron chi connectivity index (χ4n) is 3.15. The maximum atomic E-state index is 12.3. The molecule has 140 valence electrons. The van der Waals surface area contributed by atoms with Gasteiger partial charge in [0, 0.05) is 17.2 Å². The predicted molar refractivity (Wildman–Crippen MR) is 105 cm³/mol. The van der Waals surface area contributed by atoms with Gasteiger partial charge in [0.2, 0.25) is 5.91 Å². The first-order valence-corrected chi connectivity index (χ1v) is 9.15. The largest absolute Gasteiger partial charge is 0.508 e. The maximum Gasteiger partial charge on any atom is 0.271 e. The number of hydrogen-bond acceptors (Lipinski definition) is 4. The summed E-state index contributed by atoms with van der Waals surface area (Å²) < 4.78 is 0. The van der Waals surface area contributed by atoms with Gasteiger partial charge < -0.3 is 10.4 Å². The molecule has 0 saturated heterocycles. The molecule has 1 aliphatic rings. The minimum atomic E-state index is -0.350. The van der Waals surface area contributed by atoms with Gasteiger partial charge in [0.05, 0.1) is 6.21 Å². The number of carbonyl (C=O) groups excluding carboxylic acids is 2. The Bertz CT molecular complexity index is 825. The molecule has 1 saturated carbocycles. The summed E-state index contributed by atoms with van der Waals surface area (Å²) in [5.74, 6) is -0.0659. The Morgan fingerprint density at radius 3 is 2.48 bits per heavy atom. The van der Waals surface area contributed by atoms with Gasteiger partial charge in [-0.1, -0.05) is 31.4 Å². The molecule has 1 fully saturated rings. The number of benzene rings is 2. The van der Waals surface area contributed by atoms with Gasteiger partial charge >= 0.3 is 0 Å². The Morgan fingerprint density at radius 1 is 1.04 bits per heavy atom. The predicted octanol–water partition coefficient (Wildman–Crippen LogP) is 3.67. The molecular weight excluding hydrogens is 342 g/mol. The quantitative estimate of drug-likeness (QED) is 0.558. The van der Waals surface area contributed by atoms with Crippen LogP contribution in [0.25, 0.3) is 0 Å². The summed E-state index contributed by atoms with van der Waals surface area (Å²) >= 11 is 0. The first kappa shape index (κ1) is 18.6.